The number of aromatic hydroxyl groups is 1. The molecule has 2 N–H and O–H groups in total. The van der Waals surface area contributed by atoms with Gasteiger partial charge >= 0.3 is 5.97 Å². The summed E-state index contributed by atoms with van der Waals surface area (Å²) in [5.41, 5.74) is -0.336. The molecule has 0 aliphatic heterocycles. The van der Waals surface area contributed by atoms with E-state index in [0.29, 0.717) is 18.4 Å². The molecule has 2 aromatic rings. The van der Waals surface area contributed by atoms with Gasteiger partial charge in [-0.05, 0) is 41.8 Å². The van der Waals surface area contributed by atoms with Crippen molar-refractivity contribution >= 4 is 32.7 Å². The van der Waals surface area contributed by atoms with Crippen LogP contribution in [0.25, 0.3) is 10.8 Å². The third kappa shape index (κ3) is 1.52. The van der Waals surface area contributed by atoms with Crippen LogP contribution >= 0.6 is 15.9 Å². The Morgan fingerprint density at radius 2 is 1.94 bits per heavy atom. The van der Waals surface area contributed by atoms with Gasteiger partial charge in [0, 0.05) is 10.0 Å². The Balaban J connectivity index is 2.34. The number of rotatable bonds is 2. The number of halogens is 1. The SMILES string of the molecule is O=C(O)C1(c2c(O)ccc3cc(Br)ccc23)CC1. The molecule has 4 heteroatoms. The predicted octanol–water partition coefficient (Wildman–Crippen LogP) is 3.42. The fourth-order valence-electron chi connectivity index (χ4n) is 2.49. The highest BCUT2D eigenvalue weighted by Crippen LogP contribution is 2.53. The molecule has 3 rings (SSSR count). The number of aliphatic carboxylic acids is 1. The number of phenolic OH excluding ortho intramolecular Hbond substituents is 1. The van der Waals surface area contributed by atoms with Crippen LogP contribution in [0.4, 0.5) is 0 Å². The van der Waals surface area contributed by atoms with Crippen molar-refractivity contribution in [3.63, 3.8) is 0 Å². The highest BCUT2D eigenvalue weighted by molar-refractivity contribution is 9.10. The van der Waals surface area contributed by atoms with Crippen LogP contribution in [0.5, 0.6) is 5.75 Å². The highest BCUT2D eigenvalue weighted by atomic mass is 79.9. The van der Waals surface area contributed by atoms with E-state index in [-0.39, 0.29) is 5.75 Å². The lowest BCUT2D eigenvalue weighted by molar-refractivity contribution is -0.140. The van der Waals surface area contributed by atoms with Gasteiger partial charge in [0.2, 0.25) is 0 Å². The van der Waals surface area contributed by atoms with E-state index < -0.39 is 11.4 Å². The lowest BCUT2D eigenvalue weighted by atomic mass is 9.90. The molecular formula is C14H11BrO3. The number of carboxylic acid groups (broad SMARTS) is 1. The second-order valence-corrected chi connectivity index (χ2v) is 5.63. The average Bonchev–Trinajstić information content (AvgIpc) is 3.10. The lowest BCUT2D eigenvalue weighted by Gasteiger charge is -2.15. The molecule has 2 aromatic carbocycles. The predicted molar refractivity (Wildman–Crippen MR) is 71.9 cm³/mol. The Morgan fingerprint density at radius 3 is 2.56 bits per heavy atom. The van der Waals surface area contributed by atoms with Crippen LogP contribution < -0.4 is 0 Å². The summed E-state index contributed by atoms with van der Waals surface area (Å²) in [5.74, 6) is -0.780. The molecule has 0 unspecified atom stereocenters. The zero-order valence-corrected chi connectivity index (χ0v) is 11.1. The summed E-state index contributed by atoms with van der Waals surface area (Å²) in [7, 11) is 0. The average molecular weight is 307 g/mol. The van der Waals surface area contributed by atoms with E-state index >= 15 is 0 Å². The van der Waals surface area contributed by atoms with Crippen LogP contribution in [-0.2, 0) is 10.2 Å². The third-order valence-corrected chi connectivity index (χ3v) is 4.09. The van der Waals surface area contributed by atoms with Crippen LogP contribution in [-0.4, -0.2) is 16.2 Å². The van der Waals surface area contributed by atoms with Gasteiger partial charge in [-0.15, -0.1) is 0 Å². The second kappa shape index (κ2) is 3.72. The first-order chi connectivity index (χ1) is 8.54. The van der Waals surface area contributed by atoms with Crippen molar-refractivity contribution in [2.24, 2.45) is 0 Å². The molecule has 0 spiro atoms. The third-order valence-electron chi connectivity index (χ3n) is 3.60. The normalized spacial score (nSPS) is 16.7. The molecule has 0 aromatic heterocycles. The molecule has 0 atom stereocenters. The smallest absolute Gasteiger partial charge is 0.314 e. The molecule has 1 saturated carbocycles. The van der Waals surface area contributed by atoms with Gasteiger partial charge in [0.25, 0.3) is 0 Å². The van der Waals surface area contributed by atoms with E-state index in [1.165, 1.54) is 0 Å². The number of carbonyl (C=O) groups is 1. The van der Waals surface area contributed by atoms with Gasteiger partial charge in [-0.25, -0.2) is 0 Å². The Morgan fingerprint density at radius 1 is 1.22 bits per heavy atom. The molecule has 1 fully saturated rings. The molecule has 3 nitrogen and oxygen atoms in total. The lowest BCUT2D eigenvalue weighted by Crippen LogP contribution is -2.20. The Labute approximate surface area is 112 Å². The van der Waals surface area contributed by atoms with Crippen molar-refractivity contribution in [1.82, 2.24) is 0 Å². The number of fused-ring (bicyclic) bond motifs is 1. The van der Waals surface area contributed by atoms with Crippen molar-refractivity contribution in [2.45, 2.75) is 18.3 Å². The first-order valence-electron chi connectivity index (χ1n) is 5.70. The van der Waals surface area contributed by atoms with Crippen molar-refractivity contribution < 1.29 is 15.0 Å². The van der Waals surface area contributed by atoms with Gasteiger partial charge in [-0.1, -0.05) is 28.1 Å². The fourth-order valence-corrected chi connectivity index (χ4v) is 2.87. The first kappa shape index (κ1) is 11.5. The summed E-state index contributed by atoms with van der Waals surface area (Å²) >= 11 is 3.39. The fraction of sp³-hybridized carbons (Fsp3) is 0.214. The summed E-state index contributed by atoms with van der Waals surface area (Å²) in [6, 6.07) is 9.03. The quantitative estimate of drug-likeness (QED) is 0.894. The van der Waals surface area contributed by atoms with Gasteiger partial charge in [-0.3, -0.25) is 4.79 Å². The van der Waals surface area contributed by atoms with E-state index in [9.17, 15) is 15.0 Å². The van der Waals surface area contributed by atoms with Crippen molar-refractivity contribution in [3.05, 3.63) is 40.4 Å². The largest absolute Gasteiger partial charge is 0.508 e. The molecule has 0 saturated heterocycles. The van der Waals surface area contributed by atoms with E-state index in [2.05, 4.69) is 15.9 Å². The molecule has 0 radical (unpaired) electrons. The Kier molecular flexibility index (Phi) is 2.38. The molecule has 18 heavy (non-hydrogen) atoms. The second-order valence-electron chi connectivity index (χ2n) is 4.71. The minimum atomic E-state index is -0.891. The van der Waals surface area contributed by atoms with E-state index in [0.717, 1.165) is 15.2 Å². The van der Waals surface area contributed by atoms with Crippen LogP contribution in [0.15, 0.2) is 34.8 Å². The van der Waals surface area contributed by atoms with Crippen LogP contribution in [0, 0.1) is 0 Å². The zero-order chi connectivity index (χ0) is 12.9. The van der Waals surface area contributed by atoms with Gasteiger partial charge in [-0.2, -0.15) is 0 Å². The first-order valence-corrected chi connectivity index (χ1v) is 6.49. The maximum Gasteiger partial charge on any atom is 0.314 e. The molecule has 0 bridgehead atoms. The van der Waals surface area contributed by atoms with Crippen LogP contribution in [0.3, 0.4) is 0 Å². The Bertz CT molecular complexity index is 659. The minimum absolute atomic E-state index is 0.0738. The topological polar surface area (TPSA) is 57.5 Å². The van der Waals surface area contributed by atoms with Gasteiger partial charge in [0.1, 0.15) is 5.75 Å². The van der Waals surface area contributed by atoms with Crippen LogP contribution in [0.2, 0.25) is 0 Å². The van der Waals surface area contributed by atoms with Gasteiger partial charge in [0.05, 0.1) is 5.41 Å². The van der Waals surface area contributed by atoms with E-state index in [4.69, 9.17) is 0 Å². The molecule has 1 aliphatic carbocycles. The summed E-state index contributed by atoms with van der Waals surface area (Å²) in [4.78, 5) is 11.4. The maximum atomic E-state index is 11.4. The summed E-state index contributed by atoms with van der Waals surface area (Å²) < 4.78 is 0.937. The maximum absolute atomic E-state index is 11.4. The van der Waals surface area contributed by atoms with Crippen molar-refractivity contribution in [1.29, 1.82) is 0 Å². The highest BCUT2D eigenvalue weighted by Gasteiger charge is 2.54. The summed E-state index contributed by atoms with van der Waals surface area (Å²) in [5, 5.41) is 21.2. The van der Waals surface area contributed by atoms with Gasteiger partial charge in [0.15, 0.2) is 0 Å². The summed E-state index contributed by atoms with van der Waals surface area (Å²) in [6.07, 6.45) is 1.18. The molecule has 0 amide bonds. The van der Waals surface area contributed by atoms with Crippen molar-refractivity contribution in [2.75, 3.05) is 0 Å². The number of carboxylic acids is 1. The van der Waals surface area contributed by atoms with Gasteiger partial charge < -0.3 is 10.2 Å². The molecular weight excluding hydrogens is 296 g/mol. The van der Waals surface area contributed by atoms with Crippen molar-refractivity contribution in [3.8, 4) is 5.75 Å². The monoisotopic (exact) mass is 306 g/mol. The standard InChI is InChI=1S/C14H11BrO3/c15-9-2-3-10-8(7-9)1-4-11(16)12(10)14(5-6-14)13(17)18/h1-4,7,16H,5-6H2,(H,17,18). The number of benzene rings is 2. The van der Waals surface area contributed by atoms with E-state index in [1.54, 1.807) is 12.1 Å². The number of hydrogen-bond acceptors (Lipinski definition) is 2. The zero-order valence-electron chi connectivity index (χ0n) is 9.48. The number of hydrogen-bond donors (Lipinski definition) is 2. The van der Waals surface area contributed by atoms with E-state index in [1.807, 2.05) is 18.2 Å². The summed E-state index contributed by atoms with van der Waals surface area (Å²) in [6.45, 7) is 0. The molecule has 0 heterocycles. The molecule has 92 valence electrons. The Hall–Kier alpha value is -1.55. The minimum Gasteiger partial charge on any atom is -0.508 e. The number of phenols is 1. The molecule has 1 aliphatic rings. The van der Waals surface area contributed by atoms with Crippen LogP contribution in [0.1, 0.15) is 18.4 Å².